The summed E-state index contributed by atoms with van der Waals surface area (Å²) < 4.78 is 5.14. The highest BCUT2D eigenvalue weighted by atomic mass is 16.5. The predicted molar refractivity (Wildman–Crippen MR) is 68.7 cm³/mol. The molecule has 100 valence electrons. The summed E-state index contributed by atoms with van der Waals surface area (Å²) in [4.78, 5) is 11.9. The fraction of sp³-hybridized carbons (Fsp3) is 0.923. The largest absolute Gasteiger partial charge is 0.382 e. The highest BCUT2D eigenvalue weighted by Gasteiger charge is 2.31. The molecular formula is C13H26N2O2. The third-order valence-corrected chi connectivity index (χ3v) is 3.79. The summed E-state index contributed by atoms with van der Waals surface area (Å²) in [7, 11) is 1.67. The van der Waals surface area contributed by atoms with Gasteiger partial charge in [-0.3, -0.25) is 4.79 Å². The molecule has 0 bridgehead atoms. The molecule has 1 saturated carbocycles. The topological polar surface area (TPSA) is 64.3 Å². The molecule has 4 heteroatoms. The first-order valence-corrected chi connectivity index (χ1v) is 6.66. The minimum absolute atomic E-state index is 0.112. The zero-order valence-corrected chi connectivity index (χ0v) is 11.1. The number of carbonyl (C=O) groups excluding carboxylic acids is 1. The Kier molecular flexibility index (Phi) is 5.92. The molecule has 1 rings (SSSR count). The van der Waals surface area contributed by atoms with Crippen molar-refractivity contribution in [1.29, 1.82) is 0 Å². The van der Waals surface area contributed by atoms with E-state index >= 15 is 0 Å². The Morgan fingerprint density at radius 1 is 1.41 bits per heavy atom. The molecule has 4 nitrogen and oxygen atoms in total. The summed E-state index contributed by atoms with van der Waals surface area (Å²) in [6.07, 6.45) is 7.08. The van der Waals surface area contributed by atoms with E-state index in [0.29, 0.717) is 13.0 Å². The van der Waals surface area contributed by atoms with Crippen LogP contribution < -0.4 is 11.1 Å². The van der Waals surface area contributed by atoms with Crippen molar-refractivity contribution in [3.63, 3.8) is 0 Å². The van der Waals surface area contributed by atoms with Gasteiger partial charge in [-0.05, 0) is 26.2 Å². The van der Waals surface area contributed by atoms with Gasteiger partial charge in [-0.15, -0.1) is 0 Å². The highest BCUT2D eigenvalue weighted by molar-refractivity contribution is 5.76. The van der Waals surface area contributed by atoms with Crippen molar-refractivity contribution in [3.05, 3.63) is 0 Å². The molecule has 0 aliphatic heterocycles. The van der Waals surface area contributed by atoms with Crippen LogP contribution in [0.25, 0.3) is 0 Å². The lowest BCUT2D eigenvalue weighted by Crippen LogP contribution is -2.54. The van der Waals surface area contributed by atoms with Crippen LogP contribution in [0.1, 0.15) is 51.9 Å². The molecule has 3 N–H and O–H groups in total. The molecular weight excluding hydrogens is 216 g/mol. The summed E-state index contributed by atoms with van der Waals surface area (Å²) in [6, 6.07) is 0. The van der Waals surface area contributed by atoms with E-state index in [9.17, 15) is 4.79 Å². The fourth-order valence-electron chi connectivity index (χ4n) is 2.42. The van der Waals surface area contributed by atoms with E-state index in [2.05, 4.69) is 5.32 Å². The van der Waals surface area contributed by atoms with Crippen LogP contribution in [0.15, 0.2) is 0 Å². The van der Waals surface area contributed by atoms with Gasteiger partial charge in [-0.1, -0.05) is 19.3 Å². The van der Waals surface area contributed by atoms with Gasteiger partial charge < -0.3 is 15.8 Å². The Balaban J connectivity index is 2.37. The van der Waals surface area contributed by atoms with Crippen LogP contribution in [0.5, 0.6) is 0 Å². The molecule has 1 unspecified atom stereocenters. The number of nitrogens with one attached hydrogen (secondary N) is 1. The van der Waals surface area contributed by atoms with E-state index in [4.69, 9.17) is 10.5 Å². The number of hydrogen-bond acceptors (Lipinski definition) is 3. The molecule has 0 aromatic heterocycles. The first-order valence-electron chi connectivity index (χ1n) is 6.66. The van der Waals surface area contributed by atoms with Gasteiger partial charge in [-0.25, -0.2) is 0 Å². The van der Waals surface area contributed by atoms with Gasteiger partial charge in [0.05, 0.1) is 11.6 Å². The van der Waals surface area contributed by atoms with Crippen LogP contribution in [-0.2, 0) is 9.53 Å². The standard InChI is InChI=1S/C13H26N2O2/c1-11(17-2)6-7-12(16)15-13(10-14)8-4-3-5-9-13/h11H,3-10,14H2,1-2H3,(H,15,16). The SMILES string of the molecule is COC(C)CCC(=O)NC1(CN)CCCCC1. The van der Waals surface area contributed by atoms with E-state index < -0.39 is 0 Å². The van der Waals surface area contributed by atoms with Crippen molar-refractivity contribution in [2.75, 3.05) is 13.7 Å². The number of carbonyl (C=O) groups is 1. The quantitative estimate of drug-likeness (QED) is 0.743. The van der Waals surface area contributed by atoms with Gasteiger partial charge in [0.25, 0.3) is 0 Å². The number of amides is 1. The molecule has 0 saturated heterocycles. The van der Waals surface area contributed by atoms with Gasteiger partial charge in [0.1, 0.15) is 0 Å². The lowest BCUT2D eigenvalue weighted by Gasteiger charge is -2.37. The third kappa shape index (κ3) is 4.64. The summed E-state index contributed by atoms with van der Waals surface area (Å²) >= 11 is 0. The van der Waals surface area contributed by atoms with Crippen LogP contribution in [0.2, 0.25) is 0 Å². The molecule has 17 heavy (non-hydrogen) atoms. The van der Waals surface area contributed by atoms with Gasteiger partial charge in [0, 0.05) is 20.1 Å². The molecule has 0 aromatic carbocycles. The van der Waals surface area contributed by atoms with Crippen molar-refractivity contribution >= 4 is 5.91 Å². The highest BCUT2D eigenvalue weighted by Crippen LogP contribution is 2.27. The lowest BCUT2D eigenvalue weighted by molar-refractivity contribution is -0.124. The van der Waals surface area contributed by atoms with E-state index in [1.54, 1.807) is 7.11 Å². The molecule has 0 spiro atoms. The molecule has 1 amide bonds. The molecule has 1 atom stereocenters. The van der Waals surface area contributed by atoms with E-state index in [-0.39, 0.29) is 17.6 Å². The Morgan fingerprint density at radius 2 is 2.06 bits per heavy atom. The first kappa shape index (κ1) is 14.5. The van der Waals surface area contributed by atoms with Crippen LogP contribution in [0, 0.1) is 0 Å². The van der Waals surface area contributed by atoms with Crippen molar-refractivity contribution in [2.45, 2.75) is 63.5 Å². The second-order valence-electron chi connectivity index (χ2n) is 5.18. The Bertz CT molecular complexity index is 238. The van der Waals surface area contributed by atoms with Crippen LogP contribution in [0.3, 0.4) is 0 Å². The maximum absolute atomic E-state index is 11.9. The minimum atomic E-state index is -0.133. The molecule has 0 aromatic rings. The predicted octanol–water partition coefficient (Wildman–Crippen LogP) is 1.58. The summed E-state index contributed by atoms with van der Waals surface area (Å²) in [5, 5.41) is 3.14. The lowest BCUT2D eigenvalue weighted by atomic mass is 9.81. The monoisotopic (exact) mass is 242 g/mol. The summed E-state index contributed by atoms with van der Waals surface area (Å²) in [6.45, 7) is 2.53. The first-order chi connectivity index (χ1) is 8.12. The van der Waals surface area contributed by atoms with Gasteiger partial charge in [0.2, 0.25) is 5.91 Å². The van der Waals surface area contributed by atoms with E-state index in [1.165, 1.54) is 19.3 Å². The Morgan fingerprint density at radius 3 is 2.59 bits per heavy atom. The fourth-order valence-corrected chi connectivity index (χ4v) is 2.42. The van der Waals surface area contributed by atoms with Crippen molar-refractivity contribution in [2.24, 2.45) is 5.73 Å². The maximum Gasteiger partial charge on any atom is 0.220 e. The average molecular weight is 242 g/mol. The van der Waals surface area contributed by atoms with E-state index in [1.807, 2.05) is 6.92 Å². The zero-order chi connectivity index (χ0) is 12.7. The van der Waals surface area contributed by atoms with Crippen LogP contribution in [0.4, 0.5) is 0 Å². The number of methoxy groups -OCH3 is 1. The molecule has 1 fully saturated rings. The van der Waals surface area contributed by atoms with Crippen LogP contribution in [-0.4, -0.2) is 31.2 Å². The maximum atomic E-state index is 11.9. The summed E-state index contributed by atoms with van der Waals surface area (Å²) in [5.74, 6) is 0.112. The molecule has 1 aliphatic rings. The molecule has 1 aliphatic carbocycles. The van der Waals surface area contributed by atoms with Crippen molar-refractivity contribution in [1.82, 2.24) is 5.32 Å². The molecule has 0 radical (unpaired) electrons. The average Bonchev–Trinajstić information content (AvgIpc) is 2.37. The second kappa shape index (κ2) is 6.97. The number of nitrogens with two attached hydrogens (primary N) is 1. The van der Waals surface area contributed by atoms with E-state index in [0.717, 1.165) is 19.3 Å². The number of hydrogen-bond donors (Lipinski definition) is 2. The molecule has 0 heterocycles. The third-order valence-electron chi connectivity index (χ3n) is 3.79. The summed E-state index contributed by atoms with van der Waals surface area (Å²) in [5.41, 5.74) is 5.70. The Hall–Kier alpha value is -0.610. The van der Waals surface area contributed by atoms with Crippen molar-refractivity contribution in [3.8, 4) is 0 Å². The van der Waals surface area contributed by atoms with Crippen LogP contribution >= 0.6 is 0 Å². The van der Waals surface area contributed by atoms with Gasteiger partial charge in [-0.2, -0.15) is 0 Å². The zero-order valence-electron chi connectivity index (χ0n) is 11.1. The number of ether oxygens (including phenoxy) is 1. The van der Waals surface area contributed by atoms with Gasteiger partial charge >= 0.3 is 0 Å². The Labute approximate surface area is 104 Å². The van der Waals surface area contributed by atoms with Gasteiger partial charge in [0.15, 0.2) is 0 Å². The smallest absolute Gasteiger partial charge is 0.220 e. The normalized spacial score (nSPS) is 20.9. The minimum Gasteiger partial charge on any atom is -0.382 e. The second-order valence-corrected chi connectivity index (χ2v) is 5.18. The van der Waals surface area contributed by atoms with Crippen molar-refractivity contribution < 1.29 is 9.53 Å². The number of rotatable bonds is 6.